The molecule has 0 fully saturated rings. The van der Waals surface area contributed by atoms with Gasteiger partial charge in [0.2, 0.25) is 11.1 Å². The molecular formula is C26H25N5O3S. The zero-order valence-electron chi connectivity index (χ0n) is 19.3. The highest BCUT2D eigenvalue weighted by Crippen LogP contribution is 2.39. The van der Waals surface area contributed by atoms with Gasteiger partial charge in [-0.05, 0) is 36.8 Å². The molecule has 1 aliphatic heterocycles. The Morgan fingerprint density at radius 1 is 1.03 bits per heavy atom. The molecule has 178 valence electrons. The molecule has 0 spiro atoms. The number of amides is 1. The zero-order chi connectivity index (χ0) is 24.2. The highest BCUT2D eigenvalue weighted by molar-refractivity contribution is 8.00. The van der Waals surface area contributed by atoms with E-state index in [-0.39, 0.29) is 11.9 Å². The van der Waals surface area contributed by atoms with Gasteiger partial charge in [-0.15, -0.1) is 10.2 Å². The van der Waals surface area contributed by atoms with Gasteiger partial charge in [-0.25, -0.2) is 4.68 Å². The van der Waals surface area contributed by atoms with Crippen molar-refractivity contribution in [1.29, 1.82) is 0 Å². The van der Waals surface area contributed by atoms with Gasteiger partial charge in [0, 0.05) is 5.56 Å². The van der Waals surface area contributed by atoms with E-state index in [0.29, 0.717) is 29.0 Å². The predicted octanol–water partition coefficient (Wildman–Crippen LogP) is 4.75. The Kier molecular flexibility index (Phi) is 6.58. The number of aromatic nitrogens is 3. The molecule has 5 rings (SSSR count). The van der Waals surface area contributed by atoms with Crippen LogP contribution in [0.15, 0.2) is 84.0 Å². The quantitative estimate of drug-likeness (QED) is 0.389. The van der Waals surface area contributed by atoms with Crippen LogP contribution < -0.4 is 20.2 Å². The molecule has 0 radical (unpaired) electrons. The number of carbonyl (C=O) groups is 1. The minimum atomic E-state index is -0.516. The third-order valence-electron chi connectivity index (χ3n) is 5.64. The average molecular weight is 488 g/mol. The maximum absolute atomic E-state index is 13.6. The number of benzene rings is 3. The third kappa shape index (κ3) is 4.67. The Labute approximate surface area is 207 Å². The third-order valence-corrected chi connectivity index (χ3v) is 6.86. The summed E-state index contributed by atoms with van der Waals surface area (Å²) in [5.41, 5.74) is 5.99. The highest BCUT2D eigenvalue weighted by Gasteiger charge is 2.38. The van der Waals surface area contributed by atoms with Gasteiger partial charge in [-0.3, -0.25) is 4.79 Å². The van der Waals surface area contributed by atoms with Crippen LogP contribution in [0.25, 0.3) is 11.4 Å². The minimum absolute atomic E-state index is 0.165. The van der Waals surface area contributed by atoms with Crippen LogP contribution in [0, 0.1) is 0 Å². The maximum atomic E-state index is 13.6. The van der Waals surface area contributed by atoms with Crippen molar-refractivity contribution in [3.8, 4) is 22.9 Å². The van der Waals surface area contributed by atoms with E-state index in [4.69, 9.17) is 9.47 Å². The number of hydrogen-bond donors (Lipinski definition) is 2. The van der Waals surface area contributed by atoms with Crippen LogP contribution in [0.1, 0.15) is 18.5 Å². The first kappa shape index (κ1) is 22.8. The summed E-state index contributed by atoms with van der Waals surface area (Å²) < 4.78 is 12.9. The van der Waals surface area contributed by atoms with E-state index in [1.165, 1.54) is 11.8 Å². The van der Waals surface area contributed by atoms with Crippen molar-refractivity contribution in [1.82, 2.24) is 14.9 Å². The number of thioether (sulfide) groups is 1. The molecule has 0 aliphatic carbocycles. The summed E-state index contributed by atoms with van der Waals surface area (Å²) in [6.07, 6.45) is 0. The molecule has 0 saturated carbocycles. The number of fused-ring (bicyclic) bond motifs is 1. The largest absolute Gasteiger partial charge is 0.495 e. The summed E-state index contributed by atoms with van der Waals surface area (Å²) >= 11 is 1.37. The second-order valence-corrected chi connectivity index (χ2v) is 8.95. The van der Waals surface area contributed by atoms with E-state index < -0.39 is 5.25 Å². The van der Waals surface area contributed by atoms with Crippen LogP contribution in [0.5, 0.6) is 11.5 Å². The van der Waals surface area contributed by atoms with Crippen LogP contribution >= 0.6 is 11.8 Å². The van der Waals surface area contributed by atoms with Crippen molar-refractivity contribution < 1.29 is 14.3 Å². The molecule has 3 aromatic carbocycles. The monoisotopic (exact) mass is 487 g/mol. The SMILES string of the molecule is CCOc1ccc([C@@H]2Nn3c(nnc3-c3ccccc3)S[C@H]2C(=O)Nc2ccccc2OC)cc1. The van der Waals surface area contributed by atoms with Gasteiger partial charge in [-0.1, -0.05) is 66.4 Å². The molecule has 35 heavy (non-hydrogen) atoms. The van der Waals surface area contributed by atoms with E-state index in [2.05, 4.69) is 20.9 Å². The summed E-state index contributed by atoms with van der Waals surface area (Å²) in [5.74, 6) is 1.90. The van der Waals surface area contributed by atoms with Gasteiger partial charge >= 0.3 is 0 Å². The number of nitrogens with one attached hydrogen (secondary N) is 2. The fourth-order valence-corrected chi connectivity index (χ4v) is 5.05. The van der Waals surface area contributed by atoms with Gasteiger partial charge in [0.15, 0.2) is 5.82 Å². The lowest BCUT2D eigenvalue weighted by molar-refractivity contribution is -0.116. The molecule has 0 bridgehead atoms. The van der Waals surface area contributed by atoms with Crippen LogP contribution in [0.3, 0.4) is 0 Å². The second kappa shape index (κ2) is 10.1. The van der Waals surface area contributed by atoms with Gasteiger partial charge in [0.25, 0.3) is 0 Å². The standard InChI is InChI=1S/C26H25N5O3S/c1-3-34-19-15-13-17(14-16-19)22-23(25(32)27-20-11-7-8-12-21(20)33-2)35-26-29-28-24(31(26)30-22)18-9-5-4-6-10-18/h4-16,22-23,30H,3H2,1-2H3,(H,27,32)/t22-,23+/m0/s1. The summed E-state index contributed by atoms with van der Waals surface area (Å²) in [7, 11) is 1.58. The van der Waals surface area contributed by atoms with Gasteiger partial charge < -0.3 is 20.2 Å². The number of nitrogens with zero attached hydrogens (tertiary/aromatic N) is 3. The van der Waals surface area contributed by atoms with Crippen molar-refractivity contribution in [2.45, 2.75) is 23.4 Å². The Morgan fingerprint density at radius 3 is 2.51 bits per heavy atom. The van der Waals surface area contributed by atoms with E-state index in [0.717, 1.165) is 16.9 Å². The molecule has 1 aliphatic rings. The average Bonchev–Trinajstić information content (AvgIpc) is 3.32. The Hall–Kier alpha value is -3.98. The van der Waals surface area contributed by atoms with Crippen LogP contribution in [-0.4, -0.2) is 39.7 Å². The van der Waals surface area contributed by atoms with Crippen molar-refractivity contribution in [3.63, 3.8) is 0 Å². The van der Waals surface area contributed by atoms with Crippen molar-refractivity contribution in [2.24, 2.45) is 0 Å². The van der Waals surface area contributed by atoms with E-state index >= 15 is 0 Å². The maximum Gasteiger partial charge on any atom is 0.240 e. The Balaban J connectivity index is 1.50. The number of para-hydroxylation sites is 2. The lowest BCUT2D eigenvalue weighted by Crippen LogP contribution is -2.41. The van der Waals surface area contributed by atoms with Crippen molar-refractivity contribution >= 4 is 23.4 Å². The summed E-state index contributed by atoms with van der Waals surface area (Å²) in [5, 5.41) is 11.9. The molecule has 4 aromatic rings. The van der Waals surface area contributed by atoms with E-state index in [1.54, 1.807) is 7.11 Å². The second-order valence-electron chi connectivity index (χ2n) is 7.84. The Morgan fingerprint density at radius 2 is 1.77 bits per heavy atom. The normalized spacial score (nSPS) is 16.6. The van der Waals surface area contributed by atoms with Gasteiger partial charge in [0.1, 0.15) is 16.7 Å². The zero-order valence-corrected chi connectivity index (χ0v) is 20.2. The molecule has 0 unspecified atom stereocenters. The first-order valence-corrected chi connectivity index (χ1v) is 12.2. The van der Waals surface area contributed by atoms with E-state index in [9.17, 15) is 4.79 Å². The van der Waals surface area contributed by atoms with Gasteiger partial charge in [-0.2, -0.15) is 0 Å². The minimum Gasteiger partial charge on any atom is -0.495 e. The molecular weight excluding hydrogens is 462 g/mol. The molecule has 2 atom stereocenters. The first-order valence-electron chi connectivity index (χ1n) is 11.3. The topological polar surface area (TPSA) is 90.3 Å². The van der Waals surface area contributed by atoms with Crippen LogP contribution in [-0.2, 0) is 4.79 Å². The van der Waals surface area contributed by atoms with Crippen molar-refractivity contribution in [3.05, 3.63) is 84.4 Å². The van der Waals surface area contributed by atoms with E-state index in [1.807, 2.05) is 90.5 Å². The summed E-state index contributed by atoms with van der Waals surface area (Å²) in [6.45, 7) is 2.54. The summed E-state index contributed by atoms with van der Waals surface area (Å²) in [4.78, 5) is 13.6. The van der Waals surface area contributed by atoms with Crippen LogP contribution in [0.2, 0.25) is 0 Å². The number of anilines is 1. The van der Waals surface area contributed by atoms with Crippen LogP contribution in [0.4, 0.5) is 5.69 Å². The number of hydrogen-bond acceptors (Lipinski definition) is 7. The fourth-order valence-electron chi connectivity index (χ4n) is 3.97. The number of rotatable bonds is 7. The lowest BCUT2D eigenvalue weighted by atomic mass is 10.0. The molecule has 8 nitrogen and oxygen atoms in total. The molecule has 9 heteroatoms. The number of methoxy groups -OCH3 is 1. The summed E-state index contributed by atoms with van der Waals surface area (Å²) in [6, 6.07) is 24.6. The molecule has 2 N–H and O–H groups in total. The lowest BCUT2D eigenvalue weighted by Gasteiger charge is -2.33. The highest BCUT2D eigenvalue weighted by atomic mass is 32.2. The molecule has 2 heterocycles. The molecule has 1 amide bonds. The molecule has 0 saturated heterocycles. The predicted molar refractivity (Wildman–Crippen MR) is 136 cm³/mol. The fraction of sp³-hybridized carbons (Fsp3) is 0.192. The van der Waals surface area contributed by atoms with Crippen molar-refractivity contribution in [2.75, 3.05) is 24.5 Å². The smallest absolute Gasteiger partial charge is 0.240 e. The number of carbonyl (C=O) groups excluding carboxylic acids is 1. The first-order chi connectivity index (χ1) is 17.2. The Bertz CT molecular complexity index is 1310. The van der Waals surface area contributed by atoms with Gasteiger partial charge in [0.05, 0.1) is 25.4 Å². The number of ether oxygens (including phenoxy) is 2. The molecule has 1 aromatic heterocycles.